The average molecular weight is 491 g/mol. The zero-order valence-corrected chi connectivity index (χ0v) is 16.2. The van der Waals surface area contributed by atoms with Gasteiger partial charge in [-0.05, 0) is 0 Å². The Balaban J connectivity index is 0.000000720. The summed E-state index contributed by atoms with van der Waals surface area (Å²) >= 11 is 7.35. The van der Waals surface area contributed by atoms with E-state index < -0.39 is 0 Å². The van der Waals surface area contributed by atoms with Gasteiger partial charge in [-0.25, -0.2) is 0 Å². The van der Waals surface area contributed by atoms with Crippen LogP contribution >= 0.6 is 47.0 Å². The molecule has 2 rings (SSSR count). The second-order valence-corrected chi connectivity index (χ2v) is 8.67. The maximum atomic E-state index is 3.27. The SMILES string of the molecule is CC1=[C-]SC2(S[C-]=C(C)S2)S1.[W].[Y]. The summed E-state index contributed by atoms with van der Waals surface area (Å²) in [5.41, 5.74) is 0. The van der Waals surface area contributed by atoms with E-state index in [1.807, 2.05) is 23.5 Å². The first-order chi connectivity index (χ1) is 5.20. The molecule has 2 aliphatic heterocycles. The summed E-state index contributed by atoms with van der Waals surface area (Å²) in [5.74, 6) is 0. The van der Waals surface area contributed by atoms with Crippen LogP contribution in [0.5, 0.6) is 0 Å². The maximum Gasteiger partial charge on any atom is 0.0998 e. The largest absolute Gasteiger partial charge is 0.420 e. The van der Waals surface area contributed by atoms with E-state index in [9.17, 15) is 0 Å². The number of hydrogen-bond acceptors (Lipinski definition) is 4. The van der Waals surface area contributed by atoms with Crippen LogP contribution in [0.3, 0.4) is 0 Å². The molecule has 0 saturated heterocycles. The topological polar surface area (TPSA) is 0 Å². The third-order valence-corrected chi connectivity index (χ3v) is 7.09. The molecule has 0 aromatic rings. The minimum Gasteiger partial charge on any atom is -0.420 e. The van der Waals surface area contributed by atoms with E-state index in [1.165, 1.54) is 9.81 Å². The molecule has 0 unspecified atom stereocenters. The molecule has 0 N–H and O–H groups in total. The molecule has 0 nitrogen and oxygen atoms in total. The minimum absolute atomic E-state index is 0. The van der Waals surface area contributed by atoms with Gasteiger partial charge in [0.25, 0.3) is 0 Å². The Bertz CT molecular complexity index is 225. The molecule has 0 aromatic carbocycles. The molecule has 0 bridgehead atoms. The van der Waals surface area contributed by atoms with E-state index in [4.69, 9.17) is 0 Å². The molecule has 2 aliphatic rings. The van der Waals surface area contributed by atoms with Gasteiger partial charge in [0.05, 0.1) is 2.74 Å². The van der Waals surface area contributed by atoms with Crippen molar-refractivity contribution < 1.29 is 53.8 Å². The van der Waals surface area contributed by atoms with Gasteiger partial charge in [-0.3, -0.25) is 0 Å². The summed E-state index contributed by atoms with van der Waals surface area (Å²) in [5, 5.41) is 6.55. The molecule has 0 atom stereocenters. The van der Waals surface area contributed by atoms with Crippen molar-refractivity contribution in [3.8, 4) is 0 Å². The Labute approximate surface area is 136 Å². The monoisotopic (exact) mass is 491 g/mol. The molecule has 6 heteroatoms. The summed E-state index contributed by atoms with van der Waals surface area (Å²) in [6, 6.07) is 0. The van der Waals surface area contributed by atoms with Crippen LogP contribution < -0.4 is 0 Å². The Hall–Kier alpha value is 2.67. The Morgan fingerprint density at radius 2 is 1.38 bits per heavy atom. The van der Waals surface area contributed by atoms with Crippen molar-refractivity contribution in [2.45, 2.75) is 16.6 Å². The Kier molecular flexibility index (Phi) is 7.74. The normalized spacial score (nSPS) is 23.2. The number of rotatable bonds is 0. The quantitative estimate of drug-likeness (QED) is 0.472. The van der Waals surface area contributed by atoms with E-state index in [-0.39, 0.29) is 56.5 Å². The Morgan fingerprint density at radius 1 is 1.00 bits per heavy atom. The second kappa shape index (κ2) is 6.42. The fourth-order valence-electron chi connectivity index (χ4n) is 0.810. The summed E-state index contributed by atoms with van der Waals surface area (Å²) in [6.45, 7) is 4.22. The molecule has 13 heavy (non-hydrogen) atoms. The van der Waals surface area contributed by atoms with Gasteiger partial charge >= 0.3 is 0 Å². The van der Waals surface area contributed by atoms with Crippen molar-refractivity contribution in [2.75, 3.05) is 0 Å². The van der Waals surface area contributed by atoms with E-state index in [1.54, 1.807) is 23.5 Å². The molecule has 0 aliphatic carbocycles. The van der Waals surface area contributed by atoms with E-state index in [0.29, 0.717) is 0 Å². The average Bonchev–Trinajstić information content (AvgIpc) is 2.44. The summed E-state index contributed by atoms with van der Waals surface area (Å²) in [6.07, 6.45) is 0. The molecule has 0 saturated carbocycles. The zero-order chi connectivity index (χ0) is 7.90. The summed E-state index contributed by atoms with van der Waals surface area (Å²) < 4.78 is 0.203. The van der Waals surface area contributed by atoms with Gasteiger partial charge < -0.3 is 34.3 Å². The molecular formula is C7H6S4WY-2. The predicted molar refractivity (Wildman–Crippen MR) is 58.0 cm³/mol. The summed E-state index contributed by atoms with van der Waals surface area (Å²) in [4.78, 5) is 2.60. The van der Waals surface area contributed by atoms with Crippen molar-refractivity contribution in [1.29, 1.82) is 0 Å². The first-order valence-corrected chi connectivity index (χ1v) is 6.40. The standard InChI is InChI=1S/C7H6S4.W.Y/c1-5-3-8-7(10-5)9-4-6(2)11-7;;/h1-2H3;;/q-2;;. The molecule has 1 spiro atoms. The van der Waals surface area contributed by atoms with Gasteiger partial charge in [0, 0.05) is 53.8 Å². The molecular weight excluding hydrogens is 485 g/mol. The van der Waals surface area contributed by atoms with Crippen LogP contribution in [0.1, 0.15) is 13.8 Å². The predicted octanol–water partition coefficient (Wildman–Crippen LogP) is 3.88. The van der Waals surface area contributed by atoms with E-state index in [2.05, 4.69) is 24.7 Å². The molecule has 2 heterocycles. The van der Waals surface area contributed by atoms with Crippen LogP contribution in [0.15, 0.2) is 9.81 Å². The van der Waals surface area contributed by atoms with Crippen molar-refractivity contribution in [2.24, 2.45) is 0 Å². The second-order valence-electron chi connectivity index (χ2n) is 2.22. The van der Waals surface area contributed by atoms with E-state index >= 15 is 0 Å². The molecule has 69 valence electrons. The van der Waals surface area contributed by atoms with Gasteiger partial charge in [0.15, 0.2) is 0 Å². The fourth-order valence-corrected chi connectivity index (χ4v) is 6.68. The maximum absolute atomic E-state index is 3.27. The van der Waals surface area contributed by atoms with Crippen LogP contribution in [0.25, 0.3) is 0 Å². The molecule has 0 aromatic heterocycles. The molecule has 0 amide bonds. The van der Waals surface area contributed by atoms with Gasteiger partial charge in [-0.2, -0.15) is 9.81 Å². The molecule has 1 radical (unpaired) electrons. The Morgan fingerprint density at radius 3 is 1.62 bits per heavy atom. The zero-order valence-electron chi connectivity index (χ0n) is 7.12. The first kappa shape index (κ1) is 15.7. The number of hydrogen-bond donors (Lipinski definition) is 0. The van der Waals surface area contributed by atoms with Crippen LogP contribution in [0.2, 0.25) is 0 Å². The fraction of sp³-hybridized carbons (Fsp3) is 0.429. The third-order valence-electron chi connectivity index (χ3n) is 1.20. The minimum atomic E-state index is 0. The molecule has 0 fully saturated rings. The van der Waals surface area contributed by atoms with Crippen molar-refractivity contribution >= 4 is 47.0 Å². The van der Waals surface area contributed by atoms with Gasteiger partial charge in [0.2, 0.25) is 0 Å². The van der Waals surface area contributed by atoms with Crippen LogP contribution in [-0.4, -0.2) is 2.74 Å². The summed E-state index contributed by atoms with van der Waals surface area (Å²) in [7, 11) is 0. The third kappa shape index (κ3) is 3.87. The first-order valence-electron chi connectivity index (χ1n) is 3.13. The van der Waals surface area contributed by atoms with Crippen molar-refractivity contribution in [1.82, 2.24) is 0 Å². The van der Waals surface area contributed by atoms with Crippen LogP contribution in [0.4, 0.5) is 0 Å². The van der Waals surface area contributed by atoms with Crippen molar-refractivity contribution in [3.05, 3.63) is 20.6 Å². The van der Waals surface area contributed by atoms with Gasteiger partial charge in [0.1, 0.15) is 0 Å². The smallest absolute Gasteiger partial charge is 0.0998 e. The van der Waals surface area contributed by atoms with Crippen LogP contribution in [-0.2, 0) is 53.8 Å². The van der Waals surface area contributed by atoms with Crippen molar-refractivity contribution in [3.63, 3.8) is 0 Å². The van der Waals surface area contributed by atoms with Gasteiger partial charge in [-0.1, -0.05) is 13.8 Å². The van der Waals surface area contributed by atoms with Crippen LogP contribution in [0, 0.1) is 10.8 Å². The number of thioether (sulfide) groups is 4. The number of allylic oxidation sites excluding steroid dienone is 2. The van der Waals surface area contributed by atoms with Gasteiger partial charge in [-0.15, -0.1) is 23.5 Å². The van der Waals surface area contributed by atoms with E-state index in [0.717, 1.165) is 0 Å².